The largest absolute Gasteiger partial charge is 0.477 e. The molecule has 0 radical (unpaired) electrons. The van der Waals surface area contributed by atoms with Crippen LogP contribution in [0.5, 0.6) is 5.88 Å². The van der Waals surface area contributed by atoms with Crippen molar-refractivity contribution < 1.29 is 17.9 Å². The lowest BCUT2D eigenvalue weighted by Gasteiger charge is -2.44. The molecule has 2 N–H and O–H groups in total. The van der Waals surface area contributed by atoms with E-state index in [0.717, 1.165) is 44.6 Å². The van der Waals surface area contributed by atoms with Gasteiger partial charge in [-0.1, -0.05) is 0 Å². The summed E-state index contributed by atoms with van der Waals surface area (Å²) < 4.78 is 33.2. The van der Waals surface area contributed by atoms with E-state index in [9.17, 15) is 13.2 Å². The number of likely N-dealkylation sites (N-methyl/N-ethyl adjacent to an activating group) is 1. The molecule has 3 fully saturated rings. The Morgan fingerprint density at radius 1 is 1.00 bits per heavy atom. The van der Waals surface area contributed by atoms with Crippen molar-refractivity contribution in [1.82, 2.24) is 34.7 Å². The minimum absolute atomic E-state index is 0.000589. The number of amides is 1. The number of carbonyl (C=O) groups excluding carboxylic acids is 1. The number of nitrogens with one attached hydrogen (secondary N) is 2. The maximum absolute atomic E-state index is 14.2. The topological polar surface area (TPSA) is 155 Å². The molecule has 0 atom stereocenters. The fourth-order valence-electron chi connectivity index (χ4n) is 6.07. The van der Waals surface area contributed by atoms with E-state index in [2.05, 4.69) is 51.8 Å². The first kappa shape index (κ1) is 30.3. The lowest BCUT2D eigenvalue weighted by molar-refractivity contribution is -0.123. The van der Waals surface area contributed by atoms with Crippen LogP contribution in [0.1, 0.15) is 51.1 Å². The summed E-state index contributed by atoms with van der Waals surface area (Å²) in [5.41, 5.74) is 0.892. The summed E-state index contributed by atoms with van der Waals surface area (Å²) >= 11 is 0. The van der Waals surface area contributed by atoms with Crippen molar-refractivity contribution in [1.29, 1.82) is 0 Å². The Labute approximate surface area is 257 Å². The van der Waals surface area contributed by atoms with E-state index in [1.54, 1.807) is 30.7 Å². The van der Waals surface area contributed by atoms with E-state index in [-0.39, 0.29) is 11.9 Å². The monoisotopic (exact) mass is 621 g/mol. The summed E-state index contributed by atoms with van der Waals surface area (Å²) in [6.07, 6.45) is 10.4. The van der Waals surface area contributed by atoms with Crippen LogP contribution in [-0.4, -0.2) is 100 Å². The molecule has 234 valence electrons. The Bertz CT molecular complexity index is 1570. The van der Waals surface area contributed by atoms with Gasteiger partial charge in [0.05, 0.1) is 41.1 Å². The number of hydrogen-bond acceptors (Lipinski definition) is 11. The molecule has 1 amide bonds. The van der Waals surface area contributed by atoms with Gasteiger partial charge in [-0.2, -0.15) is 0 Å². The second-order valence-electron chi connectivity index (χ2n) is 11.8. The van der Waals surface area contributed by atoms with Crippen LogP contribution < -0.4 is 14.8 Å². The smallest absolute Gasteiger partial charge is 0.237 e. The van der Waals surface area contributed by atoms with E-state index in [1.807, 2.05) is 13.0 Å². The molecule has 0 bridgehead atoms. The average Bonchev–Trinajstić information content (AvgIpc) is 3.89. The fraction of sp³-hybridized carbons (Fsp3) is 0.533. The minimum Gasteiger partial charge on any atom is -0.477 e. The number of nitrogens with zero attached hydrogens (tertiary/aromatic N) is 7. The molecule has 1 aliphatic heterocycles. The standard InChI is InChI=1S/C30H39N9O4S/c1-3-43-27-20-31-19-24(34-27)21-4-7-26(33-18-21)36-28(40)30(11-8-22(9-12-30)39-16-14-38(2)15-17-39)25-10-13-32-29(35-25)37-44(41,42)23-5-6-23/h4,7,10,13,18-20,22-23H,3,5-6,8-9,11-12,14-17H2,1-2H3,(H,32,35,37)(H,33,36,40). The Balaban J connectivity index is 1.23. The highest BCUT2D eigenvalue weighted by atomic mass is 32.2. The minimum atomic E-state index is -3.55. The second kappa shape index (κ2) is 12.7. The van der Waals surface area contributed by atoms with Crippen molar-refractivity contribution >= 4 is 27.7 Å². The Hall–Kier alpha value is -3.75. The highest BCUT2D eigenvalue weighted by Gasteiger charge is 2.46. The zero-order chi connectivity index (χ0) is 30.7. The Kier molecular flexibility index (Phi) is 8.74. The van der Waals surface area contributed by atoms with Crippen LogP contribution in [-0.2, 0) is 20.2 Å². The second-order valence-corrected chi connectivity index (χ2v) is 13.8. The molecule has 6 rings (SSSR count). The molecular formula is C30H39N9O4S. The normalized spacial score (nSPS) is 23.2. The van der Waals surface area contributed by atoms with Crippen LogP contribution in [0.2, 0.25) is 0 Å². The highest BCUT2D eigenvalue weighted by molar-refractivity contribution is 7.93. The molecule has 1 saturated heterocycles. The summed E-state index contributed by atoms with van der Waals surface area (Å²) in [5.74, 6) is 0.611. The maximum atomic E-state index is 14.2. The number of carbonyl (C=O) groups is 1. The molecule has 0 aromatic carbocycles. The van der Waals surface area contributed by atoms with Gasteiger partial charge < -0.3 is 15.0 Å². The summed E-state index contributed by atoms with van der Waals surface area (Å²) in [6, 6.07) is 5.67. The SMILES string of the molecule is CCOc1cncc(-c2ccc(NC(=O)C3(c4ccnc(NS(=O)(=O)C5CC5)n4)CCC(N4CCN(C)CC4)CC3)nc2)n1. The molecule has 0 unspecified atom stereocenters. The summed E-state index contributed by atoms with van der Waals surface area (Å²) in [5, 5.41) is 2.62. The molecule has 3 aliphatic rings. The van der Waals surface area contributed by atoms with Gasteiger partial charge >= 0.3 is 0 Å². The van der Waals surface area contributed by atoms with Gasteiger partial charge in [-0.15, -0.1) is 0 Å². The molecule has 13 nitrogen and oxygen atoms in total. The van der Waals surface area contributed by atoms with Crippen molar-refractivity contribution in [3.8, 4) is 17.1 Å². The lowest BCUT2D eigenvalue weighted by atomic mass is 9.69. The van der Waals surface area contributed by atoms with Gasteiger partial charge in [-0.3, -0.25) is 19.4 Å². The van der Waals surface area contributed by atoms with E-state index in [1.165, 1.54) is 6.20 Å². The van der Waals surface area contributed by atoms with Crippen LogP contribution in [0.25, 0.3) is 11.3 Å². The molecule has 3 aromatic rings. The van der Waals surface area contributed by atoms with Gasteiger partial charge in [-0.25, -0.2) is 28.4 Å². The van der Waals surface area contributed by atoms with Crippen LogP contribution in [0.3, 0.4) is 0 Å². The number of aromatic nitrogens is 5. The fourth-order valence-corrected chi connectivity index (χ4v) is 7.35. The summed E-state index contributed by atoms with van der Waals surface area (Å²) in [7, 11) is -1.41. The predicted molar refractivity (Wildman–Crippen MR) is 166 cm³/mol. The van der Waals surface area contributed by atoms with Gasteiger partial charge in [0, 0.05) is 50.2 Å². The molecule has 44 heavy (non-hydrogen) atoms. The van der Waals surface area contributed by atoms with Gasteiger partial charge in [0.2, 0.25) is 27.8 Å². The number of anilines is 2. The number of piperazine rings is 1. The number of rotatable bonds is 10. The summed E-state index contributed by atoms with van der Waals surface area (Å²) in [6.45, 7) is 6.45. The van der Waals surface area contributed by atoms with Crippen LogP contribution in [0.4, 0.5) is 11.8 Å². The summed E-state index contributed by atoms with van der Waals surface area (Å²) in [4.78, 5) is 41.0. The third kappa shape index (κ3) is 6.66. The quantitative estimate of drug-likeness (QED) is 0.343. The molecular weight excluding hydrogens is 582 g/mol. The molecule has 0 spiro atoms. The van der Waals surface area contributed by atoms with Crippen molar-refractivity contribution in [2.45, 2.75) is 62.2 Å². The number of pyridine rings is 1. The van der Waals surface area contributed by atoms with E-state index in [0.29, 0.717) is 61.4 Å². The van der Waals surface area contributed by atoms with E-state index >= 15 is 0 Å². The van der Waals surface area contributed by atoms with Crippen molar-refractivity contribution in [3.05, 3.63) is 48.7 Å². The first-order valence-electron chi connectivity index (χ1n) is 15.3. The van der Waals surface area contributed by atoms with Gasteiger partial charge in [0.25, 0.3) is 0 Å². The third-order valence-corrected chi connectivity index (χ3v) is 10.7. The van der Waals surface area contributed by atoms with E-state index in [4.69, 9.17) is 4.74 Å². The lowest BCUT2D eigenvalue weighted by Crippen LogP contribution is -2.53. The zero-order valence-corrected chi connectivity index (χ0v) is 26.0. The predicted octanol–water partition coefficient (Wildman–Crippen LogP) is 2.70. The van der Waals surface area contributed by atoms with Crippen LogP contribution in [0.15, 0.2) is 43.0 Å². The number of sulfonamides is 1. The number of hydrogen-bond donors (Lipinski definition) is 2. The highest BCUT2D eigenvalue weighted by Crippen LogP contribution is 2.42. The molecule has 2 saturated carbocycles. The number of ether oxygens (including phenoxy) is 1. The average molecular weight is 622 g/mol. The van der Waals surface area contributed by atoms with Crippen molar-refractivity contribution in [2.75, 3.05) is 49.9 Å². The van der Waals surface area contributed by atoms with Gasteiger partial charge in [0.15, 0.2) is 0 Å². The Morgan fingerprint density at radius 2 is 1.77 bits per heavy atom. The maximum Gasteiger partial charge on any atom is 0.237 e. The van der Waals surface area contributed by atoms with Crippen molar-refractivity contribution in [2.24, 2.45) is 0 Å². The van der Waals surface area contributed by atoms with Crippen LogP contribution >= 0.6 is 0 Å². The first-order valence-corrected chi connectivity index (χ1v) is 16.8. The van der Waals surface area contributed by atoms with Crippen LogP contribution in [0, 0.1) is 0 Å². The molecule has 14 heteroatoms. The van der Waals surface area contributed by atoms with E-state index < -0.39 is 20.7 Å². The van der Waals surface area contributed by atoms with Gasteiger partial charge in [0.1, 0.15) is 5.82 Å². The molecule has 3 aromatic heterocycles. The molecule has 2 aliphatic carbocycles. The zero-order valence-electron chi connectivity index (χ0n) is 25.1. The third-order valence-electron chi connectivity index (χ3n) is 8.85. The molecule has 4 heterocycles. The van der Waals surface area contributed by atoms with Crippen molar-refractivity contribution in [3.63, 3.8) is 0 Å². The Morgan fingerprint density at radius 3 is 2.45 bits per heavy atom. The first-order chi connectivity index (χ1) is 21.3. The van der Waals surface area contributed by atoms with Gasteiger partial charge in [-0.05, 0) is 70.7 Å².